The molecular weight excluding hydrogens is 402 g/mol. The normalized spacial score (nSPS) is 19.0. The molecule has 1 saturated heterocycles. The number of carbonyl (C=O) groups excluding carboxylic acids is 1. The van der Waals surface area contributed by atoms with Gasteiger partial charge in [0.25, 0.3) is 0 Å². The van der Waals surface area contributed by atoms with E-state index in [1.807, 2.05) is 36.9 Å². The number of para-hydroxylation sites is 1. The van der Waals surface area contributed by atoms with Gasteiger partial charge in [0.2, 0.25) is 5.91 Å². The Kier molecular flexibility index (Phi) is 6.94. The lowest BCUT2D eigenvalue weighted by Gasteiger charge is -2.35. The number of hydrogen-bond acceptors (Lipinski definition) is 6. The molecule has 172 valence electrons. The fourth-order valence-electron chi connectivity index (χ4n) is 4.65. The van der Waals surface area contributed by atoms with Gasteiger partial charge in [0.1, 0.15) is 11.6 Å². The molecule has 2 aliphatic heterocycles. The van der Waals surface area contributed by atoms with Crippen molar-refractivity contribution in [3.8, 4) is 5.75 Å². The number of likely N-dealkylation sites (N-methyl/N-ethyl adjacent to an activating group) is 1. The van der Waals surface area contributed by atoms with E-state index >= 15 is 0 Å². The van der Waals surface area contributed by atoms with E-state index in [0.717, 1.165) is 74.0 Å². The molecule has 1 unspecified atom stereocenters. The van der Waals surface area contributed by atoms with E-state index in [2.05, 4.69) is 23.3 Å². The third-order valence-electron chi connectivity index (χ3n) is 6.26. The Balaban J connectivity index is 1.65. The van der Waals surface area contributed by atoms with E-state index in [9.17, 15) is 4.79 Å². The predicted molar refractivity (Wildman–Crippen MR) is 126 cm³/mol. The summed E-state index contributed by atoms with van der Waals surface area (Å²) in [5.41, 5.74) is 3.37. The summed E-state index contributed by atoms with van der Waals surface area (Å²) in [6.45, 7) is 8.93. The maximum absolute atomic E-state index is 12.3. The Morgan fingerprint density at radius 2 is 2.03 bits per heavy atom. The Hall–Kier alpha value is -2.67. The molecule has 0 aliphatic carbocycles. The van der Waals surface area contributed by atoms with Crippen LogP contribution < -0.4 is 10.1 Å². The zero-order valence-corrected chi connectivity index (χ0v) is 19.7. The number of rotatable bonds is 6. The topological polar surface area (TPSA) is 70.6 Å². The van der Waals surface area contributed by atoms with Crippen LogP contribution in [0.5, 0.6) is 5.75 Å². The summed E-state index contributed by atoms with van der Waals surface area (Å²) >= 11 is 0. The molecule has 1 fully saturated rings. The molecule has 1 amide bonds. The molecular formula is C25H35N5O2. The molecule has 2 aromatic rings. The van der Waals surface area contributed by atoms with Crippen LogP contribution in [0.2, 0.25) is 0 Å². The predicted octanol–water partition coefficient (Wildman–Crippen LogP) is 3.94. The number of benzene rings is 1. The first-order valence-corrected chi connectivity index (χ1v) is 11.8. The molecule has 0 spiro atoms. The molecule has 7 heteroatoms. The first kappa shape index (κ1) is 22.5. The average Bonchev–Trinajstić information content (AvgIpc) is 2.77. The lowest BCUT2D eigenvalue weighted by Crippen LogP contribution is -2.38. The fraction of sp³-hybridized carbons (Fsp3) is 0.560. The van der Waals surface area contributed by atoms with Crippen LogP contribution in [0.1, 0.15) is 68.7 Å². The van der Waals surface area contributed by atoms with Crippen LogP contribution in [0.25, 0.3) is 0 Å². The Bertz CT molecular complexity index is 961. The number of hydrogen-bond donors (Lipinski definition) is 1. The molecule has 1 aromatic heterocycles. The summed E-state index contributed by atoms with van der Waals surface area (Å²) in [5, 5.41) is 3.59. The van der Waals surface area contributed by atoms with Crippen molar-refractivity contribution >= 4 is 11.7 Å². The first-order valence-electron chi connectivity index (χ1n) is 11.8. The number of amides is 1. The largest absolute Gasteiger partial charge is 0.491 e. The van der Waals surface area contributed by atoms with Crippen molar-refractivity contribution in [2.75, 3.05) is 25.5 Å². The lowest BCUT2D eigenvalue weighted by atomic mass is 10.00. The highest BCUT2D eigenvalue weighted by molar-refractivity contribution is 5.73. The second-order valence-electron chi connectivity index (χ2n) is 9.20. The molecule has 32 heavy (non-hydrogen) atoms. The highest BCUT2D eigenvalue weighted by atomic mass is 16.5. The molecule has 3 heterocycles. The van der Waals surface area contributed by atoms with Crippen molar-refractivity contribution in [1.29, 1.82) is 0 Å². The summed E-state index contributed by atoms with van der Waals surface area (Å²) in [4.78, 5) is 26.5. The van der Waals surface area contributed by atoms with Gasteiger partial charge in [-0.15, -0.1) is 0 Å². The van der Waals surface area contributed by atoms with E-state index in [-0.39, 0.29) is 18.1 Å². The van der Waals surface area contributed by atoms with Gasteiger partial charge in [-0.25, -0.2) is 9.97 Å². The van der Waals surface area contributed by atoms with E-state index in [4.69, 9.17) is 14.7 Å². The number of carbonyl (C=O) groups is 1. The van der Waals surface area contributed by atoms with Gasteiger partial charge in [-0.05, 0) is 52.6 Å². The summed E-state index contributed by atoms with van der Waals surface area (Å²) in [5.74, 6) is 2.66. The van der Waals surface area contributed by atoms with Gasteiger partial charge < -0.3 is 19.9 Å². The van der Waals surface area contributed by atoms with Gasteiger partial charge >= 0.3 is 0 Å². The number of nitrogens with zero attached hydrogens (tertiary/aromatic N) is 4. The molecule has 0 bridgehead atoms. The van der Waals surface area contributed by atoms with E-state index < -0.39 is 0 Å². The van der Waals surface area contributed by atoms with Crippen LogP contribution >= 0.6 is 0 Å². The quantitative estimate of drug-likeness (QED) is 0.738. The van der Waals surface area contributed by atoms with Crippen LogP contribution in [-0.2, 0) is 24.3 Å². The summed E-state index contributed by atoms with van der Waals surface area (Å²) < 4.78 is 6.00. The minimum absolute atomic E-state index is 0.0455. The fourth-order valence-corrected chi connectivity index (χ4v) is 4.65. The minimum Gasteiger partial charge on any atom is -0.491 e. The number of anilines is 1. The molecule has 0 radical (unpaired) electrons. The Morgan fingerprint density at radius 1 is 1.22 bits per heavy atom. The summed E-state index contributed by atoms with van der Waals surface area (Å²) in [6, 6.07) is 8.09. The van der Waals surface area contributed by atoms with Crippen LogP contribution in [0.15, 0.2) is 24.3 Å². The Morgan fingerprint density at radius 3 is 2.81 bits per heavy atom. The number of aromatic nitrogens is 2. The van der Waals surface area contributed by atoms with E-state index in [1.54, 1.807) is 6.92 Å². The maximum atomic E-state index is 12.3. The summed E-state index contributed by atoms with van der Waals surface area (Å²) in [6.07, 6.45) is 4.09. The summed E-state index contributed by atoms with van der Waals surface area (Å²) in [7, 11) is 2.12. The Labute approximate surface area is 191 Å². The zero-order valence-electron chi connectivity index (χ0n) is 19.7. The molecule has 2 aliphatic rings. The van der Waals surface area contributed by atoms with Gasteiger partial charge in [0, 0.05) is 44.2 Å². The molecule has 0 saturated carbocycles. The average molecular weight is 438 g/mol. The minimum atomic E-state index is -0.0455. The molecule has 7 nitrogen and oxygen atoms in total. The molecule has 1 aromatic carbocycles. The molecule has 4 rings (SSSR count). The highest BCUT2D eigenvalue weighted by Gasteiger charge is 2.30. The zero-order chi connectivity index (χ0) is 22.7. The molecule has 1 atom stereocenters. The van der Waals surface area contributed by atoms with Crippen LogP contribution in [0.3, 0.4) is 0 Å². The number of fused-ring (bicyclic) bond motifs is 1. The van der Waals surface area contributed by atoms with Crippen LogP contribution in [0, 0.1) is 0 Å². The second-order valence-corrected chi connectivity index (χ2v) is 9.20. The van der Waals surface area contributed by atoms with Gasteiger partial charge in [0.15, 0.2) is 5.82 Å². The van der Waals surface area contributed by atoms with Crippen LogP contribution in [-0.4, -0.2) is 51.9 Å². The van der Waals surface area contributed by atoms with E-state index in [0.29, 0.717) is 6.54 Å². The van der Waals surface area contributed by atoms with Crippen molar-refractivity contribution in [2.45, 2.75) is 71.7 Å². The maximum Gasteiger partial charge on any atom is 0.220 e. The van der Waals surface area contributed by atoms with Crippen LogP contribution in [0.4, 0.5) is 5.82 Å². The monoisotopic (exact) mass is 437 g/mol. The van der Waals surface area contributed by atoms with Crippen molar-refractivity contribution in [1.82, 2.24) is 19.8 Å². The first-order chi connectivity index (χ1) is 15.4. The van der Waals surface area contributed by atoms with Gasteiger partial charge in [-0.2, -0.15) is 0 Å². The van der Waals surface area contributed by atoms with Crippen molar-refractivity contribution in [3.63, 3.8) is 0 Å². The third kappa shape index (κ3) is 5.04. The number of piperidine rings is 1. The van der Waals surface area contributed by atoms with Crippen molar-refractivity contribution < 1.29 is 9.53 Å². The van der Waals surface area contributed by atoms with Crippen molar-refractivity contribution in [2.24, 2.45) is 0 Å². The molecule has 1 N–H and O–H groups in total. The highest BCUT2D eigenvalue weighted by Crippen LogP contribution is 2.32. The van der Waals surface area contributed by atoms with Gasteiger partial charge in [-0.1, -0.05) is 18.2 Å². The third-order valence-corrected chi connectivity index (χ3v) is 6.26. The van der Waals surface area contributed by atoms with Crippen molar-refractivity contribution in [3.05, 3.63) is 46.9 Å². The second kappa shape index (κ2) is 9.86. The SMILES string of the molecule is CC(=O)N1CCCCC1c1nc2c(c(NCc3ccccc3OC(C)C)n1)CCN(C)C2. The lowest BCUT2D eigenvalue weighted by molar-refractivity contribution is -0.132. The smallest absolute Gasteiger partial charge is 0.220 e. The number of nitrogens with one attached hydrogen (secondary N) is 1. The van der Waals surface area contributed by atoms with Gasteiger partial charge in [0.05, 0.1) is 17.8 Å². The number of ether oxygens (including phenoxy) is 1. The van der Waals surface area contributed by atoms with Gasteiger partial charge in [-0.3, -0.25) is 4.79 Å². The standard InChI is InChI=1S/C25H35N5O2/c1-17(2)32-23-11-6-5-9-19(23)15-26-24-20-12-14-29(4)16-21(20)27-25(28-24)22-10-7-8-13-30(22)18(3)31/h5-6,9,11,17,22H,7-8,10,12-16H2,1-4H3,(H,26,27,28). The van der Waals surface area contributed by atoms with E-state index in [1.165, 1.54) is 5.56 Å². The number of likely N-dealkylation sites (tertiary alicyclic amines) is 1.